The second-order valence-corrected chi connectivity index (χ2v) is 7.29. The summed E-state index contributed by atoms with van der Waals surface area (Å²) in [6.45, 7) is 3.14. The van der Waals surface area contributed by atoms with Gasteiger partial charge in [0.2, 0.25) is 0 Å². The van der Waals surface area contributed by atoms with E-state index in [4.69, 9.17) is 10.2 Å². The van der Waals surface area contributed by atoms with Gasteiger partial charge in [0.05, 0.1) is 18.4 Å². The number of nitrogens with zero attached hydrogens (tertiary/aromatic N) is 1. The van der Waals surface area contributed by atoms with E-state index in [0.29, 0.717) is 30.5 Å². The van der Waals surface area contributed by atoms with E-state index in [9.17, 15) is 4.79 Å². The highest BCUT2D eigenvalue weighted by molar-refractivity contribution is 5.95. The Balaban J connectivity index is 1.43. The zero-order valence-corrected chi connectivity index (χ0v) is 16.0. The summed E-state index contributed by atoms with van der Waals surface area (Å²) < 4.78 is 5.67. The van der Waals surface area contributed by atoms with E-state index in [1.807, 2.05) is 36.4 Å². The van der Waals surface area contributed by atoms with Crippen LogP contribution >= 0.6 is 0 Å². The zero-order chi connectivity index (χ0) is 19.5. The Bertz CT molecular complexity index is 951. The number of fused-ring (bicyclic) bond motifs is 1. The van der Waals surface area contributed by atoms with Crippen molar-refractivity contribution in [3.63, 3.8) is 0 Å². The average molecular weight is 375 g/mol. The summed E-state index contributed by atoms with van der Waals surface area (Å²) in [5.74, 6) is 0.518. The van der Waals surface area contributed by atoms with Crippen LogP contribution in [0.15, 0.2) is 71.3 Å². The molecule has 5 nitrogen and oxygen atoms in total. The number of carbonyl (C=O) groups excluding carboxylic acids is 1. The summed E-state index contributed by atoms with van der Waals surface area (Å²) in [6, 6.07) is 20.0. The van der Waals surface area contributed by atoms with Crippen LogP contribution in [-0.4, -0.2) is 18.5 Å². The number of nitrogens with one attached hydrogen (secondary N) is 1. The van der Waals surface area contributed by atoms with Crippen molar-refractivity contribution < 1.29 is 9.21 Å². The molecule has 28 heavy (non-hydrogen) atoms. The van der Waals surface area contributed by atoms with E-state index in [0.717, 1.165) is 12.0 Å². The lowest BCUT2D eigenvalue weighted by molar-refractivity contribution is 0.0949. The first-order chi connectivity index (χ1) is 13.6. The fourth-order valence-corrected chi connectivity index (χ4v) is 3.81. The molecule has 1 aromatic heterocycles. The second kappa shape index (κ2) is 7.90. The molecule has 0 aliphatic carbocycles. The van der Waals surface area contributed by atoms with E-state index >= 15 is 0 Å². The lowest BCUT2D eigenvalue weighted by atomic mass is 10.1. The number of rotatable bonds is 6. The van der Waals surface area contributed by atoms with Gasteiger partial charge >= 0.3 is 0 Å². The highest BCUT2D eigenvalue weighted by atomic mass is 16.3. The summed E-state index contributed by atoms with van der Waals surface area (Å²) in [4.78, 5) is 15.0. The van der Waals surface area contributed by atoms with Gasteiger partial charge in [-0.25, -0.2) is 0 Å². The van der Waals surface area contributed by atoms with E-state index < -0.39 is 0 Å². The maximum atomic E-state index is 12.7. The monoisotopic (exact) mass is 375 g/mol. The third kappa shape index (κ3) is 3.66. The minimum atomic E-state index is -0.244. The third-order valence-electron chi connectivity index (χ3n) is 5.36. The second-order valence-electron chi connectivity index (χ2n) is 7.29. The molecule has 3 N–H and O–H groups in total. The smallest absolute Gasteiger partial charge is 0.254 e. The van der Waals surface area contributed by atoms with Crippen molar-refractivity contribution in [1.82, 2.24) is 5.32 Å². The summed E-state index contributed by atoms with van der Waals surface area (Å²) in [6.07, 6.45) is 2.58. The van der Waals surface area contributed by atoms with Crippen molar-refractivity contribution >= 4 is 11.6 Å². The van der Waals surface area contributed by atoms with Crippen LogP contribution in [0.1, 0.15) is 40.2 Å². The molecule has 0 bridgehead atoms. The molecule has 2 unspecified atom stereocenters. The van der Waals surface area contributed by atoms with Crippen LogP contribution in [-0.2, 0) is 13.0 Å². The van der Waals surface area contributed by atoms with Crippen molar-refractivity contribution in [2.75, 3.05) is 11.4 Å². The summed E-state index contributed by atoms with van der Waals surface area (Å²) in [7, 11) is 0. The van der Waals surface area contributed by atoms with Crippen LogP contribution in [0.4, 0.5) is 5.69 Å². The highest BCUT2D eigenvalue weighted by Crippen LogP contribution is 2.33. The van der Waals surface area contributed by atoms with Gasteiger partial charge in [-0.05, 0) is 36.6 Å². The maximum Gasteiger partial charge on any atom is 0.254 e. The first-order valence-electron chi connectivity index (χ1n) is 9.63. The number of furan rings is 1. The van der Waals surface area contributed by atoms with Crippen molar-refractivity contribution in [1.29, 1.82) is 0 Å². The van der Waals surface area contributed by atoms with Crippen molar-refractivity contribution in [3.05, 3.63) is 89.4 Å². The van der Waals surface area contributed by atoms with Crippen LogP contribution in [0.2, 0.25) is 0 Å². The number of hydrogen-bond acceptors (Lipinski definition) is 4. The molecule has 2 atom stereocenters. The molecule has 1 aliphatic rings. The first kappa shape index (κ1) is 18.3. The normalized spacial score (nSPS) is 16.6. The van der Waals surface area contributed by atoms with E-state index in [1.165, 1.54) is 11.3 Å². The maximum absolute atomic E-state index is 12.7. The largest absolute Gasteiger partial charge is 0.467 e. The Morgan fingerprint density at radius 1 is 1.18 bits per heavy atom. The minimum Gasteiger partial charge on any atom is -0.467 e. The molecule has 1 amide bonds. The number of para-hydroxylation sites is 1. The predicted molar refractivity (Wildman–Crippen MR) is 110 cm³/mol. The van der Waals surface area contributed by atoms with Gasteiger partial charge in [-0.15, -0.1) is 0 Å². The Labute approximate surface area is 165 Å². The van der Waals surface area contributed by atoms with Crippen LogP contribution in [0.25, 0.3) is 0 Å². The molecule has 0 saturated heterocycles. The van der Waals surface area contributed by atoms with Gasteiger partial charge < -0.3 is 20.4 Å². The number of nitrogens with two attached hydrogens (primary N) is 1. The van der Waals surface area contributed by atoms with Crippen LogP contribution in [0.3, 0.4) is 0 Å². The number of benzene rings is 2. The molecule has 0 radical (unpaired) electrons. The van der Waals surface area contributed by atoms with Gasteiger partial charge in [0, 0.05) is 24.3 Å². The minimum absolute atomic E-state index is 0.157. The Hall–Kier alpha value is -3.05. The quantitative estimate of drug-likeness (QED) is 0.690. The van der Waals surface area contributed by atoms with Gasteiger partial charge in [-0.2, -0.15) is 0 Å². The molecule has 0 fully saturated rings. The van der Waals surface area contributed by atoms with Gasteiger partial charge in [-0.3, -0.25) is 4.79 Å². The summed E-state index contributed by atoms with van der Waals surface area (Å²) in [5, 5.41) is 2.94. The average Bonchev–Trinajstić information content (AvgIpc) is 3.31. The molecule has 4 rings (SSSR count). The number of hydrogen-bond donors (Lipinski definition) is 2. The van der Waals surface area contributed by atoms with Gasteiger partial charge in [-0.1, -0.05) is 48.5 Å². The predicted octanol–water partition coefficient (Wildman–Crippen LogP) is 3.66. The summed E-state index contributed by atoms with van der Waals surface area (Å²) in [5.41, 5.74) is 10.3. The van der Waals surface area contributed by atoms with Crippen molar-refractivity contribution in [2.45, 2.75) is 32.0 Å². The van der Waals surface area contributed by atoms with Gasteiger partial charge in [0.25, 0.3) is 5.91 Å². The van der Waals surface area contributed by atoms with E-state index in [-0.39, 0.29) is 11.9 Å². The van der Waals surface area contributed by atoms with Gasteiger partial charge in [0.15, 0.2) is 0 Å². The fraction of sp³-hybridized carbons (Fsp3) is 0.261. The molecule has 2 aromatic carbocycles. The van der Waals surface area contributed by atoms with E-state index in [2.05, 4.69) is 35.3 Å². The molecular weight excluding hydrogens is 350 g/mol. The summed E-state index contributed by atoms with van der Waals surface area (Å²) >= 11 is 0. The third-order valence-corrected chi connectivity index (χ3v) is 5.36. The molecule has 0 spiro atoms. The molecule has 2 heterocycles. The van der Waals surface area contributed by atoms with Crippen molar-refractivity contribution in [3.8, 4) is 0 Å². The fourth-order valence-electron chi connectivity index (χ4n) is 3.81. The SMILES string of the molecule is CC1Cc2ccccc2N1Cc1occc1C(=O)NCC(N)c1ccccc1. The first-order valence-corrected chi connectivity index (χ1v) is 9.63. The Morgan fingerprint density at radius 2 is 1.93 bits per heavy atom. The topological polar surface area (TPSA) is 71.5 Å². The Kier molecular flexibility index (Phi) is 5.17. The number of amides is 1. The highest BCUT2D eigenvalue weighted by Gasteiger charge is 2.28. The van der Waals surface area contributed by atoms with E-state index in [1.54, 1.807) is 12.3 Å². The molecule has 5 heteroatoms. The molecular formula is C23H25N3O2. The Morgan fingerprint density at radius 3 is 2.75 bits per heavy atom. The lowest BCUT2D eigenvalue weighted by Gasteiger charge is -2.24. The molecule has 1 aliphatic heterocycles. The van der Waals surface area contributed by atoms with Crippen LogP contribution in [0.5, 0.6) is 0 Å². The zero-order valence-electron chi connectivity index (χ0n) is 16.0. The molecule has 3 aromatic rings. The van der Waals surface area contributed by atoms with Crippen LogP contribution in [0, 0.1) is 0 Å². The number of anilines is 1. The number of carbonyl (C=O) groups is 1. The lowest BCUT2D eigenvalue weighted by Crippen LogP contribution is -2.33. The van der Waals surface area contributed by atoms with Crippen LogP contribution < -0.4 is 16.0 Å². The van der Waals surface area contributed by atoms with Gasteiger partial charge in [0.1, 0.15) is 5.76 Å². The molecule has 144 valence electrons. The standard InChI is InChI=1S/C23H25N3O2/c1-16-13-18-9-5-6-10-21(18)26(16)15-22-19(11-12-28-22)23(27)25-14-20(24)17-7-3-2-4-8-17/h2-12,16,20H,13-15,24H2,1H3,(H,25,27). The van der Waals surface area contributed by atoms with Crippen molar-refractivity contribution in [2.24, 2.45) is 5.73 Å². The molecule has 0 saturated carbocycles.